The Morgan fingerprint density at radius 1 is 1.06 bits per heavy atom. The summed E-state index contributed by atoms with van der Waals surface area (Å²) in [5, 5.41) is 1.84. The summed E-state index contributed by atoms with van der Waals surface area (Å²) < 4.78 is 0. The molecule has 1 fully saturated rings. The molecule has 0 aromatic heterocycles. The normalized spacial score (nSPS) is 19.4. The van der Waals surface area contributed by atoms with E-state index >= 15 is 0 Å². The molecule has 1 saturated carbocycles. The van der Waals surface area contributed by atoms with Crippen LogP contribution in [0, 0.1) is 5.92 Å². The molecule has 0 heterocycles. The maximum absolute atomic E-state index is 2.70. The third kappa shape index (κ3) is 4.58. The van der Waals surface area contributed by atoms with Crippen molar-refractivity contribution in [3.8, 4) is 0 Å². The fraction of sp³-hybridized carbons (Fsp3) is 0.867. The standard InChI is InChI=1S/C15H29P/c1-4-10-15(16(5-2)6-3)13-14-11-8-7-9-12-14/h13-14H,4-12H2,1-3H3/b15-13+. The second kappa shape index (κ2) is 8.29. The molecular weight excluding hydrogens is 211 g/mol. The molecule has 0 spiro atoms. The molecule has 1 aliphatic rings. The predicted octanol–water partition coefficient (Wildman–Crippen LogP) is 5.77. The zero-order valence-corrected chi connectivity index (χ0v) is 12.4. The van der Waals surface area contributed by atoms with Crippen molar-refractivity contribution in [2.75, 3.05) is 12.3 Å². The zero-order chi connectivity index (χ0) is 11.8. The lowest BCUT2D eigenvalue weighted by Gasteiger charge is -2.23. The molecule has 1 heteroatoms. The molecule has 0 bridgehead atoms. The first kappa shape index (κ1) is 14.2. The van der Waals surface area contributed by atoms with Gasteiger partial charge >= 0.3 is 0 Å². The van der Waals surface area contributed by atoms with E-state index in [1.807, 2.05) is 5.31 Å². The maximum atomic E-state index is 2.70. The van der Waals surface area contributed by atoms with Gasteiger partial charge in [0.1, 0.15) is 0 Å². The van der Waals surface area contributed by atoms with Gasteiger partial charge in [-0.05, 0) is 42.8 Å². The summed E-state index contributed by atoms with van der Waals surface area (Å²) >= 11 is 0. The van der Waals surface area contributed by atoms with Crippen LogP contribution in [0.3, 0.4) is 0 Å². The number of hydrogen-bond donors (Lipinski definition) is 0. The number of rotatable bonds is 6. The van der Waals surface area contributed by atoms with E-state index in [1.165, 1.54) is 57.3 Å². The Hall–Kier alpha value is 0.170. The van der Waals surface area contributed by atoms with Gasteiger partial charge in [-0.15, -0.1) is 0 Å². The minimum Gasteiger partial charge on any atom is -0.0807 e. The van der Waals surface area contributed by atoms with Gasteiger partial charge in [0.25, 0.3) is 0 Å². The predicted molar refractivity (Wildman–Crippen MR) is 77.6 cm³/mol. The van der Waals surface area contributed by atoms with Crippen molar-refractivity contribution < 1.29 is 0 Å². The highest BCUT2D eigenvalue weighted by Crippen LogP contribution is 2.47. The van der Waals surface area contributed by atoms with Crippen LogP contribution in [-0.4, -0.2) is 12.3 Å². The van der Waals surface area contributed by atoms with E-state index in [9.17, 15) is 0 Å². The molecule has 0 aromatic carbocycles. The van der Waals surface area contributed by atoms with Gasteiger partial charge in [-0.1, -0.05) is 60.5 Å². The minimum atomic E-state index is 0.211. The van der Waals surface area contributed by atoms with Gasteiger partial charge < -0.3 is 0 Å². The van der Waals surface area contributed by atoms with Crippen molar-refractivity contribution in [2.45, 2.75) is 65.7 Å². The highest BCUT2D eigenvalue weighted by molar-refractivity contribution is 7.61. The largest absolute Gasteiger partial charge is 0.0807 e. The SMILES string of the molecule is CCC/C(=C\C1CCCCC1)P(CC)CC. The lowest BCUT2D eigenvalue weighted by Crippen LogP contribution is -2.04. The first-order chi connectivity index (χ1) is 7.81. The molecule has 0 atom stereocenters. The highest BCUT2D eigenvalue weighted by Gasteiger charge is 2.15. The Kier molecular flexibility index (Phi) is 7.37. The molecule has 0 saturated heterocycles. The second-order valence-electron chi connectivity index (χ2n) is 4.98. The van der Waals surface area contributed by atoms with Crippen molar-refractivity contribution in [3.63, 3.8) is 0 Å². The van der Waals surface area contributed by atoms with Crippen LogP contribution in [0.2, 0.25) is 0 Å². The average molecular weight is 240 g/mol. The molecule has 16 heavy (non-hydrogen) atoms. The first-order valence-electron chi connectivity index (χ1n) is 7.27. The summed E-state index contributed by atoms with van der Waals surface area (Å²) in [6.45, 7) is 7.08. The molecular formula is C15H29P. The summed E-state index contributed by atoms with van der Waals surface area (Å²) in [7, 11) is 0.211. The Labute approximate surface area is 104 Å². The Balaban J connectivity index is 2.61. The van der Waals surface area contributed by atoms with Crippen LogP contribution in [0.25, 0.3) is 0 Å². The van der Waals surface area contributed by atoms with Crippen molar-refractivity contribution in [2.24, 2.45) is 5.92 Å². The van der Waals surface area contributed by atoms with E-state index in [1.54, 1.807) is 0 Å². The van der Waals surface area contributed by atoms with Crippen LogP contribution < -0.4 is 0 Å². The highest BCUT2D eigenvalue weighted by atomic mass is 31.1. The van der Waals surface area contributed by atoms with Gasteiger partial charge in [0.05, 0.1) is 0 Å². The molecule has 0 aromatic rings. The van der Waals surface area contributed by atoms with Crippen LogP contribution in [0.1, 0.15) is 65.7 Å². The van der Waals surface area contributed by atoms with Crippen molar-refractivity contribution in [3.05, 3.63) is 11.4 Å². The summed E-state index contributed by atoms with van der Waals surface area (Å²) in [5.74, 6) is 0.929. The summed E-state index contributed by atoms with van der Waals surface area (Å²) in [4.78, 5) is 0. The maximum Gasteiger partial charge on any atom is -0.0227 e. The molecule has 1 rings (SSSR count). The van der Waals surface area contributed by atoms with E-state index in [0.717, 1.165) is 5.92 Å². The molecule has 0 N–H and O–H groups in total. The minimum absolute atomic E-state index is 0.211. The van der Waals surface area contributed by atoms with Gasteiger partial charge in [0.15, 0.2) is 0 Å². The average Bonchev–Trinajstić information content (AvgIpc) is 2.32. The Morgan fingerprint density at radius 3 is 2.19 bits per heavy atom. The van der Waals surface area contributed by atoms with Gasteiger partial charge in [-0.25, -0.2) is 0 Å². The quantitative estimate of drug-likeness (QED) is 0.517. The van der Waals surface area contributed by atoms with E-state index < -0.39 is 0 Å². The van der Waals surface area contributed by atoms with Gasteiger partial charge in [0.2, 0.25) is 0 Å². The van der Waals surface area contributed by atoms with Crippen molar-refractivity contribution in [1.82, 2.24) is 0 Å². The first-order valence-corrected chi connectivity index (χ1v) is 8.98. The second-order valence-corrected chi connectivity index (χ2v) is 7.90. The van der Waals surface area contributed by atoms with Gasteiger partial charge in [0, 0.05) is 0 Å². The third-order valence-electron chi connectivity index (χ3n) is 3.75. The van der Waals surface area contributed by atoms with Crippen LogP contribution in [0.15, 0.2) is 11.4 Å². The molecule has 94 valence electrons. The smallest absolute Gasteiger partial charge is 0.0227 e. The van der Waals surface area contributed by atoms with Crippen LogP contribution in [0.4, 0.5) is 0 Å². The summed E-state index contributed by atoms with van der Waals surface area (Å²) in [5.41, 5.74) is 0. The van der Waals surface area contributed by atoms with E-state index in [-0.39, 0.29) is 7.92 Å². The topological polar surface area (TPSA) is 0 Å². The van der Waals surface area contributed by atoms with Crippen molar-refractivity contribution >= 4 is 7.92 Å². The van der Waals surface area contributed by atoms with Gasteiger partial charge in [-0.3, -0.25) is 0 Å². The van der Waals surface area contributed by atoms with E-state index in [2.05, 4.69) is 26.8 Å². The fourth-order valence-corrected chi connectivity index (χ4v) is 5.03. The molecule has 0 nitrogen and oxygen atoms in total. The van der Waals surface area contributed by atoms with Crippen LogP contribution in [0.5, 0.6) is 0 Å². The third-order valence-corrected chi connectivity index (χ3v) is 6.47. The number of allylic oxidation sites excluding steroid dienone is 2. The lowest BCUT2D eigenvalue weighted by atomic mass is 9.89. The molecule has 1 aliphatic carbocycles. The van der Waals surface area contributed by atoms with E-state index in [0.29, 0.717) is 0 Å². The summed E-state index contributed by atoms with van der Waals surface area (Å²) in [6.07, 6.45) is 15.5. The fourth-order valence-electron chi connectivity index (χ4n) is 2.81. The summed E-state index contributed by atoms with van der Waals surface area (Å²) in [6, 6.07) is 0. The molecule has 0 aliphatic heterocycles. The number of hydrogen-bond acceptors (Lipinski definition) is 0. The molecule has 0 unspecified atom stereocenters. The zero-order valence-electron chi connectivity index (χ0n) is 11.5. The van der Waals surface area contributed by atoms with Gasteiger partial charge in [-0.2, -0.15) is 0 Å². The molecule has 0 radical (unpaired) electrons. The van der Waals surface area contributed by atoms with Crippen LogP contribution in [-0.2, 0) is 0 Å². The Bertz CT molecular complexity index is 197. The molecule has 0 amide bonds. The van der Waals surface area contributed by atoms with Crippen molar-refractivity contribution in [1.29, 1.82) is 0 Å². The lowest BCUT2D eigenvalue weighted by molar-refractivity contribution is 0.418. The Morgan fingerprint density at radius 2 is 1.69 bits per heavy atom. The van der Waals surface area contributed by atoms with E-state index in [4.69, 9.17) is 0 Å². The van der Waals surface area contributed by atoms with Crippen LogP contribution >= 0.6 is 7.92 Å². The monoisotopic (exact) mass is 240 g/mol.